The number of anilines is 2. The van der Waals surface area contributed by atoms with Gasteiger partial charge in [-0.15, -0.1) is 0 Å². The first-order valence-corrected chi connectivity index (χ1v) is 6.55. The summed E-state index contributed by atoms with van der Waals surface area (Å²) in [7, 11) is 0. The quantitative estimate of drug-likeness (QED) is 0.901. The van der Waals surface area contributed by atoms with Crippen LogP contribution in [0.25, 0.3) is 0 Å². The number of hydrogen-bond acceptors (Lipinski definition) is 2. The van der Waals surface area contributed by atoms with Crippen LogP contribution in [0, 0.1) is 18.6 Å². The SMILES string of the molecule is Cc1ccc(N[C@@H](C)C(=O)Nc2ccccc2F)cc1F. The van der Waals surface area contributed by atoms with E-state index >= 15 is 0 Å². The van der Waals surface area contributed by atoms with Crippen LogP contribution in [-0.4, -0.2) is 11.9 Å². The van der Waals surface area contributed by atoms with Gasteiger partial charge >= 0.3 is 0 Å². The zero-order valence-electron chi connectivity index (χ0n) is 11.8. The molecule has 1 atom stereocenters. The molecule has 2 N–H and O–H groups in total. The maximum absolute atomic E-state index is 13.5. The van der Waals surface area contributed by atoms with Gasteiger partial charge in [0.2, 0.25) is 5.91 Å². The summed E-state index contributed by atoms with van der Waals surface area (Å²) in [6.45, 7) is 3.28. The first-order chi connectivity index (χ1) is 9.97. The van der Waals surface area contributed by atoms with Crippen molar-refractivity contribution in [2.45, 2.75) is 19.9 Å². The second-order valence-electron chi connectivity index (χ2n) is 4.80. The van der Waals surface area contributed by atoms with Gasteiger partial charge in [-0.3, -0.25) is 4.79 Å². The Hall–Kier alpha value is -2.43. The molecular formula is C16H16F2N2O. The van der Waals surface area contributed by atoms with Crippen molar-refractivity contribution in [3.05, 3.63) is 59.7 Å². The summed E-state index contributed by atoms with van der Waals surface area (Å²) in [5.74, 6) is -1.25. The van der Waals surface area contributed by atoms with Crippen molar-refractivity contribution in [1.82, 2.24) is 0 Å². The number of halogens is 2. The number of carbonyl (C=O) groups is 1. The van der Waals surface area contributed by atoms with Crippen LogP contribution in [0.1, 0.15) is 12.5 Å². The van der Waals surface area contributed by atoms with Gasteiger partial charge in [-0.1, -0.05) is 18.2 Å². The van der Waals surface area contributed by atoms with Crippen molar-refractivity contribution >= 4 is 17.3 Å². The Bertz CT molecular complexity index is 658. The minimum atomic E-state index is -0.633. The van der Waals surface area contributed by atoms with E-state index in [4.69, 9.17) is 0 Å². The lowest BCUT2D eigenvalue weighted by Gasteiger charge is -2.16. The highest BCUT2D eigenvalue weighted by Crippen LogP contribution is 2.16. The van der Waals surface area contributed by atoms with Crippen LogP contribution in [-0.2, 0) is 4.79 Å². The molecule has 2 rings (SSSR count). The van der Waals surface area contributed by atoms with Crippen LogP contribution >= 0.6 is 0 Å². The molecular weight excluding hydrogens is 274 g/mol. The van der Waals surface area contributed by atoms with E-state index in [1.54, 1.807) is 38.1 Å². The van der Waals surface area contributed by atoms with E-state index in [1.807, 2.05) is 0 Å². The standard InChI is InChI=1S/C16H16F2N2O/c1-10-7-8-12(9-14(10)18)19-11(2)16(21)20-15-6-4-3-5-13(15)17/h3-9,11,19H,1-2H3,(H,20,21)/t11-/m0/s1. The molecule has 0 spiro atoms. The molecule has 0 fully saturated rings. The highest BCUT2D eigenvalue weighted by molar-refractivity contribution is 5.96. The van der Waals surface area contributed by atoms with Crippen LogP contribution in [0.4, 0.5) is 20.2 Å². The number of amides is 1. The van der Waals surface area contributed by atoms with Crippen molar-refractivity contribution in [2.75, 3.05) is 10.6 Å². The number of aryl methyl sites for hydroxylation is 1. The van der Waals surface area contributed by atoms with Crippen LogP contribution in [0.5, 0.6) is 0 Å². The van der Waals surface area contributed by atoms with Gasteiger partial charge in [-0.2, -0.15) is 0 Å². The Morgan fingerprint density at radius 1 is 1.10 bits per heavy atom. The van der Waals surface area contributed by atoms with E-state index in [-0.39, 0.29) is 11.5 Å². The highest BCUT2D eigenvalue weighted by atomic mass is 19.1. The van der Waals surface area contributed by atoms with Crippen LogP contribution < -0.4 is 10.6 Å². The third-order valence-electron chi connectivity index (χ3n) is 3.08. The molecule has 5 heteroatoms. The molecule has 0 aliphatic carbocycles. The predicted octanol–water partition coefficient (Wildman–Crippen LogP) is 3.71. The maximum atomic E-state index is 13.5. The first-order valence-electron chi connectivity index (χ1n) is 6.55. The summed E-state index contributed by atoms with van der Waals surface area (Å²) in [5.41, 5.74) is 1.14. The second-order valence-corrected chi connectivity index (χ2v) is 4.80. The molecule has 1 amide bonds. The maximum Gasteiger partial charge on any atom is 0.246 e. The van der Waals surface area contributed by atoms with Gasteiger partial charge in [0, 0.05) is 5.69 Å². The normalized spacial score (nSPS) is 11.8. The molecule has 0 saturated carbocycles. The fourth-order valence-electron chi connectivity index (χ4n) is 1.80. The van der Waals surface area contributed by atoms with Crippen molar-refractivity contribution in [2.24, 2.45) is 0 Å². The monoisotopic (exact) mass is 290 g/mol. The molecule has 0 heterocycles. The van der Waals surface area contributed by atoms with Gasteiger partial charge < -0.3 is 10.6 Å². The van der Waals surface area contributed by atoms with E-state index in [0.29, 0.717) is 11.3 Å². The molecule has 0 aromatic heterocycles. The van der Waals surface area contributed by atoms with Crippen molar-refractivity contribution in [1.29, 1.82) is 0 Å². The molecule has 0 unspecified atom stereocenters. The van der Waals surface area contributed by atoms with E-state index in [2.05, 4.69) is 10.6 Å². The number of benzene rings is 2. The predicted molar refractivity (Wildman–Crippen MR) is 79.3 cm³/mol. The summed E-state index contributed by atoms with van der Waals surface area (Å²) in [6, 6.07) is 9.92. The third-order valence-corrected chi connectivity index (χ3v) is 3.08. The molecule has 0 saturated heterocycles. The molecule has 2 aromatic carbocycles. The van der Waals surface area contributed by atoms with Gasteiger partial charge in [0.1, 0.15) is 17.7 Å². The second kappa shape index (κ2) is 6.35. The lowest BCUT2D eigenvalue weighted by molar-refractivity contribution is -0.116. The zero-order chi connectivity index (χ0) is 15.4. The van der Waals surface area contributed by atoms with E-state index < -0.39 is 17.8 Å². The minimum Gasteiger partial charge on any atom is -0.374 e. The van der Waals surface area contributed by atoms with Gasteiger partial charge in [-0.05, 0) is 43.7 Å². The Kier molecular flexibility index (Phi) is 4.52. The van der Waals surface area contributed by atoms with Crippen molar-refractivity contribution in [3.63, 3.8) is 0 Å². The summed E-state index contributed by atoms with van der Waals surface area (Å²) in [4.78, 5) is 12.0. The molecule has 0 radical (unpaired) electrons. The zero-order valence-corrected chi connectivity index (χ0v) is 11.8. The van der Waals surface area contributed by atoms with Crippen molar-refractivity contribution in [3.8, 4) is 0 Å². The number of nitrogens with one attached hydrogen (secondary N) is 2. The molecule has 0 aliphatic rings. The van der Waals surface area contributed by atoms with Crippen LogP contribution in [0.15, 0.2) is 42.5 Å². The molecule has 0 bridgehead atoms. The Balaban J connectivity index is 2.02. The molecule has 0 aliphatic heterocycles. The first kappa shape index (κ1) is 15.0. The lowest BCUT2D eigenvalue weighted by Crippen LogP contribution is -2.32. The van der Waals surface area contributed by atoms with Gasteiger partial charge in [0.15, 0.2) is 0 Å². The third kappa shape index (κ3) is 3.78. The topological polar surface area (TPSA) is 41.1 Å². The van der Waals surface area contributed by atoms with Crippen LogP contribution in [0.2, 0.25) is 0 Å². The highest BCUT2D eigenvalue weighted by Gasteiger charge is 2.14. The average Bonchev–Trinajstić information content (AvgIpc) is 2.45. The van der Waals surface area contributed by atoms with Gasteiger partial charge in [-0.25, -0.2) is 8.78 Å². The van der Waals surface area contributed by atoms with Crippen molar-refractivity contribution < 1.29 is 13.6 Å². The van der Waals surface area contributed by atoms with Gasteiger partial charge in [0.05, 0.1) is 5.69 Å². The summed E-state index contributed by atoms with van der Waals surface area (Å²) >= 11 is 0. The van der Waals surface area contributed by atoms with E-state index in [9.17, 15) is 13.6 Å². The summed E-state index contributed by atoms with van der Waals surface area (Å²) < 4.78 is 26.9. The minimum absolute atomic E-state index is 0.117. The Morgan fingerprint density at radius 2 is 1.81 bits per heavy atom. The lowest BCUT2D eigenvalue weighted by atomic mass is 10.2. The van der Waals surface area contributed by atoms with E-state index in [0.717, 1.165) is 0 Å². The summed E-state index contributed by atoms with van der Waals surface area (Å²) in [5, 5.41) is 5.36. The molecule has 110 valence electrons. The Morgan fingerprint density at radius 3 is 2.48 bits per heavy atom. The average molecular weight is 290 g/mol. The summed E-state index contributed by atoms with van der Waals surface area (Å²) in [6.07, 6.45) is 0. The van der Waals surface area contributed by atoms with Gasteiger partial charge in [0.25, 0.3) is 0 Å². The molecule has 3 nitrogen and oxygen atoms in total. The number of rotatable bonds is 4. The smallest absolute Gasteiger partial charge is 0.246 e. The Labute approximate surface area is 122 Å². The fraction of sp³-hybridized carbons (Fsp3) is 0.188. The molecule has 21 heavy (non-hydrogen) atoms. The van der Waals surface area contributed by atoms with Crippen LogP contribution in [0.3, 0.4) is 0 Å². The number of carbonyl (C=O) groups excluding carboxylic acids is 1. The largest absolute Gasteiger partial charge is 0.374 e. The number of hydrogen-bond donors (Lipinski definition) is 2. The molecule has 2 aromatic rings. The van der Waals surface area contributed by atoms with E-state index in [1.165, 1.54) is 18.2 Å². The fourth-order valence-corrected chi connectivity index (χ4v) is 1.80. The number of para-hydroxylation sites is 1.